The van der Waals surface area contributed by atoms with E-state index in [2.05, 4.69) is 30.4 Å². The van der Waals surface area contributed by atoms with E-state index in [0.29, 0.717) is 13.0 Å². The van der Waals surface area contributed by atoms with Crippen LogP contribution in [0.15, 0.2) is 0 Å². The molecule has 0 saturated carbocycles. The Bertz CT molecular complexity index is 122. The summed E-state index contributed by atoms with van der Waals surface area (Å²) in [7, 11) is 0. The summed E-state index contributed by atoms with van der Waals surface area (Å²) < 4.78 is 4.55. The summed E-state index contributed by atoms with van der Waals surface area (Å²) in [6, 6.07) is 0. The Hall–Kier alpha value is -0.220. The van der Waals surface area contributed by atoms with E-state index in [9.17, 15) is 4.79 Å². The van der Waals surface area contributed by atoms with Crippen molar-refractivity contribution >= 4 is 19.5 Å². The van der Waals surface area contributed by atoms with Gasteiger partial charge in [0.2, 0.25) is 0 Å². The van der Waals surface area contributed by atoms with Gasteiger partial charge >= 0.3 is 5.97 Å². The maximum atomic E-state index is 10.2. The van der Waals surface area contributed by atoms with Gasteiger partial charge in [0.05, 0.1) is 6.61 Å². The van der Waals surface area contributed by atoms with Gasteiger partial charge in [-0.25, -0.2) is 0 Å². The van der Waals surface area contributed by atoms with Crippen molar-refractivity contribution in [2.24, 2.45) is 0 Å². The third kappa shape index (κ3) is 16.5. The first-order chi connectivity index (χ1) is 6.65. The lowest BCUT2D eigenvalue weighted by Crippen LogP contribution is -2.21. The highest BCUT2D eigenvalue weighted by atomic mass is 32.1. The first-order valence-corrected chi connectivity index (χ1v) is 5.53. The van der Waals surface area contributed by atoms with E-state index in [1.807, 2.05) is 0 Å². The average molecular weight is 237 g/mol. The van der Waals surface area contributed by atoms with Gasteiger partial charge in [0.15, 0.2) is 0 Å². The molecule has 94 valence electrons. The molecule has 0 amide bonds. The van der Waals surface area contributed by atoms with Gasteiger partial charge in [0.1, 0.15) is 0 Å². The Morgan fingerprint density at radius 2 is 1.40 bits per heavy atom. The van der Waals surface area contributed by atoms with Crippen molar-refractivity contribution in [3.63, 3.8) is 0 Å². The number of carbonyl (C=O) groups excluding carboxylic acids is 1. The van der Waals surface area contributed by atoms with Crippen LogP contribution in [0.5, 0.6) is 0 Å². The first-order valence-electron chi connectivity index (χ1n) is 5.53. The van der Waals surface area contributed by atoms with Crippen LogP contribution in [0.25, 0.3) is 0 Å². The van der Waals surface area contributed by atoms with Crippen LogP contribution in [0.1, 0.15) is 41.0 Å². The molecule has 3 nitrogen and oxygen atoms in total. The minimum atomic E-state index is -0.123. The van der Waals surface area contributed by atoms with Crippen molar-refractivity contribution in [3.05, 3.63) is 0 Å². The molecule has 0 bridgehead atoms. The molecular weight excluding hydrogens is 210 g/mol. The summed E-state index contributed by atoms with van der Waals surface area (Å²) in [5, 5.41) is 0. The molecule has 0 atom stereocenters. The van der Waals surface area contributed by atoms with Crippen molar-refractivity contribution < 1.29 is 9.53 Å². The van der Waals surface area contributed by atoms with E-state index in [0.717, 1.165) is 0 Å². The highest BCUT2D eigenvalue weighted by Gasteiger charge is 1.91. The normalized spacial score (nSPS) is 8.67. The Balaban J connectivity index is -0.000000180. The molecular formula is C11H27NO2S. The van der Waals surface area contributed by atoms with Crippen molar-refractivity contribution in [2.45, 2.75) is 41.0 Å². The summed E-state index contributed by atoms with van der Waals surface area (Å²) in [5.41, 5.74) is 0. The smallest absolute Gasteiger partial charge is 0.305 e. The molecule has 0 fully saturated rings. The van der Waals surface area contributed by atoms with Gasteiger partial charge in [-0.15, -0.1) is 0 Å². The molecule has 0 aliphatic carbocycles. The van der Waals surface area contributed by atoms with Crippen LogP contribution in [0.3, 0.4) is 0 Å². The zero-order valence-corrected chi connectivity index (χ0v) is 11.8. The van der Waals surface area contributed by atoms with Crippen LogP contribution < -0.4 is 0 Å². The van der Waals surface area contributed by atoms with Crippen molar-refractivity contribution in [3.8, 4) is 0 Å². The number of nitrogens with zero attached hydrogens (tertiary/aromatic N) is 1. The quantitative estimate of drug-likeness (QED) is 0.688. The molecule has 15 heavy (non-hydrogen) atoms. The van der Waals surface area contributed by atoms with Crippen LogP contribution in [0.4, 0.5) is 0 Å². The molecule has 0 radical (unpaired) electrons. The van der Waals surface area contributed by atoms with Gasteiger partial charge in [-0.2, -0.15) is 13.5 Å². The molecule has 4 heteroatoms. The Labute approximate surface area is 102 Å². The molecule has 0 aliphatic rings. The van der Waals surface area contributed by atoms with E-state index in [1.165, 1.54) is 19.6 Å². The first kappa shape index (κ1) is 20.2. The van der Waals surface area contributed by atoms with Gasteiger partial charge in [-0.3, -0.25) is 4.79 Å². The highest BCUT2D eigenvalue weighted by molar-refractivity contribution is 7.59. The van der Waals surface area contributed by atoms with Crippen LogP contribution in [0, 0.1) is 0 Å². The molecule has 0 unspecified atom stereocenters. The lowest BCUT2D eigenvalue weighted by Gasteiger charge is -2.13. The monoisotopic (exact) mass is 237 g/mol. The zero-order chi connectivity index (χ0) is 11.4. The summed E-state index contributed by atoms with van der Waals surface area (Å²) in [4.78, 5) is 12.6. The zero-order valence-electron chi connectivity index (χ0n) is 10.8. The number of hydrogen-bond acceptors (Lipinski definition) is 3. The van der Waals surface area contributed by atoms with Gasteiger partial charge < -0.3 is 9.64 Å². The van der Waals surface area contributed by atoms with E-state index in [-0.39, 0.29) is 19.5 Å². The largest absolute Gasteiger partial charge is 0.466 e. The minimum absolute atomic E-state index is 0. The van der Waals surface area contributed by atoms with Crippen LogP contribution >= 0.6 is 13.5 Å². The lowest BCUT2D eigenvalue weighted by atomic mass is 10.5. The molecule has 0 aromatic rings. The van der Waals surface area contributed by atoms with E-state index in [1.54, 1.807) is 13.8 Å². The fraction of sp³-hybridized carbons (Fsp3) is 0.909. The Morgan fingerprint density at radius 1 is 1.00 bits per heavy atom. The topological polar surface area (TPSA) is 29.5 Å². The second kappa shape index (κ2) is 16.2. The fourth-order valence-corrected chi connectivity index (χ4v) is 0.934. The maximum Gasteiger partial charge on any atom is 0.305 e. The standard InChI is InChI=1S/C6H15N.C5H10O2.H2S/c1-4-7(5-2)6-3;1-3-5(6)7-4-2;/h4-6H2,1-3H3;3-4H2,1-2H3;1H2. The molecule has 0 aliphatic heterocycles. The number of ether oxygens (including phenoxy) is 1. The van der Waals surface area contributed by atoms with Crippen molar-refractivity contribution in [2.75, 3.05) is 26.2 Å². The molecule has 0 N–H and O–H groups in total. The predicted molar refractivity (Wildman–Crippen MR) is 70.8 cm³/mol. The second-order valence-electron chi connectivity index (χ2n) is 2.78. The van der Waals surface area contributed by atoms with Gasteiger partial charge in [0.25, 0.3) is 0 Å². The highest BCUT2D eigenvalue weighted by Crippen LogP contribution is 1.81. The maximum absolute atomic E-state index is 10.2. The molecule has 0 saturated heterocycles. The third-order valence-electron chi connectivity index (χ3n) is 1.94. The minimum Gasteiger partial charge on any atom is -0.466 e. The fourth-order valence-electron chi connectivity index (χ4n) is 0.934. The summed E-state index contributed by atoms with van der Waals surface area (Å²) in [5.74, 6) is -0.123. The SMILES string of the molecule is CCN(CC)CC.CCOC(=O)CC.S. The predicted octanol–water partition coefficient (Wildman–Crippen LogP) is 2.42. The van der Waals surface area contributed by atoms with E-state index < -0.39 is 0 Å². The lowest BCUT2D eigenvalue weighted by molar-refractivity contribution is -0.142. The van der Waals surface area contributed by atoms with Gasteiger partial charge in [-0.1, -0.05) is 27.7 Å². The van der Waals surface area contributed by atoms with E-state index in [4.69, 9.17) is 0 Å². The summed E-state index contributed by atoms with van der Waals surface area (Å²) in [6.45, 7) is 14.2. The van der Waals surface area contributed by atoms with Crippen molar-refractivity contribution in [1.82, 2.24) is 4.90 Å². The Kier molecular flexibility index (Phi) is 21.9. The summed E-state index contributed by atoms with van der Waals surface area (Å²) in [6.07, 6.45) is 0.480. The van der Waals surface area contributed by atoms with Crippen LogP contribution in [0.2, 0.25) is 0 Å². The average Bonchev–Trinajstić information content (AvgIpc) is 2.22. The molecule has 0 rings (SSSR count). The van der Waals surface area contributed by atoms with Gasteiger partial charge in [0, 0.05) is 6.42 Å². The summed E-state index contributed by atoms with van der Waals surface area (Å²) >= 11 is 0. The second-order valence-corrected chi connectivity index (χ2v) is 2.78. The number of rotatable bonds is 5. The van der Waals surface area contributed by atoms with Crippen LogP contribution in [-0.4, -0.2) is 37.1 Å². The molecule has 0 heterocycles. The number of carbonyl (C=O) groups is 1. The molecule has 0 aromatic heterocycles. The van der Waals surface area contributed by atoms with Crippen molar-refractivity contribution in [1.29, 1.82) is 0 Å². The number of hydrogen-bond donors (Lipinski definition) is 0. The van der Waals surface area contributed by atoms with Gasteiger partial charge in [-0.05, 0) is 26.6 Å². The third-order valence-corrected chi connectivity index (χ3v) is 1.94. The molecule has 0 aromatic carbocycles. The number of esters is 1. The van der Waals surface area contributed by atoms with E-state index >= 15 is 0 Å². The molecule has 0 spiro atoms. The Morgan fingerprint density at radius 3 is 1.47 bits per heavy atom. The van der Waals surface area contributed by atoms with Crippen LogP contribution in [-0.2, 0) is 9.53 Å².